The van der Waals surface area contributed by atoms with Crippen molar-refractivity contribution in [3.8, 4) is 5.75 Å². The van der Waals surface area contributed by atoms with Crippen LogP contribution in [0.1, 0.15) is 29.4 Å². The highest BCUT2D eigenvalue weighted by atomic mass is 32.2. The molecule has 0 atom stereocenters. The lowest BCUT2D eigenvalue weighted by Gasteiger charge is -2.12. The van der Waals surface area contributed by atoms with E-state index in [1.807, 2.05) is 43.5 Å². The number of ether oxygens (including phenoxy) is 1. The summed E-state index contributed by atoms with van der Waals surface area (Å²) in [6, 6.07) is 10.1. The summed E-state index contributed by atoms with van der Waals surface area (Å²) in [7, 11) is 0. The van der Waals surface area contributed by atoms with E-state index in [4.69, 9.17) is 4.74 Å². The second-order valence-corrected chi connectivity index (χ2v) is 8.67. The maximum absolute atomic E-state index is 13.4. The number of nitrogens with one attached hydrogen (secondary N) is 2. The maximum Gasteiger partial charge on any atom is 0.258 e. The molecule has 0 saturated carbocycles. The standard InChI is InChI=1S/C24H28FN5O3S/c1-5-30-20(12-26-21(31)13-33-23-16(3)7-6-8-17(23)4)28-29-24(30)34-14-22(32)27-19-11-18(25)10-9-15(19)2/h6-11H,5,12-14H2,1-4H3,(H,26,31)(H,27,32). The summed E-state index contributed by atoms with van der Waals surface area (Å²) in [5, 5.41) is 14.4. The number of nitrogens with zero attached hydrogens (tertiary/aromatic N) is 3. The molecule has 2 amide bonds. The Morgan fingerprint density at radius 2 is 1.79 bits per heavy atom. The Kier molecular flexibility index (Phi) is 8.64. The number of halogens is 1. The first-order valence-corrected chi connectivity index (χ1v) is 11.8. The van der Waals surface area contributed by atoms with Gasteiger partial charge in [0.15, 0.2) is 17.6 Å². The number of aryl methyl sites for hydroxylation is 3. The highest BCUT2D eigenvalue weighted by Crippen LogP contribution is 2.22. The Hall–Kier alpha value is -3.40. The van der Waals surface area contributed by atoms with E-state index in [2.05, 4.69) is 20.8 Å². The molecule has 8 nitrogen and oxygen atoms in total. The minimum absolute atomic E-state index is 0.0874. The van der Waals surface area contributed by atoms with Crippen molar-refractivity contribution < 1.29 is 18.7 Å². The first kappa shape index (κ1) is 25.2. The van der Waals surface area contributed by atoms with Crippen LogP contribution in [0.5, 0.6) is 5.75 Å². The van der Waals surface area contributed by atoms with Crippen molar-refractivity contribution in [1.82, 2.24) is 20.1 Å². The van der Waals surface area contributed by atoms with Gasteiger partial charge in [-0.1, -0.05) is 36.0 Å². The molecule has 1 aromatic heterocycles. The first-order chi connectivity index (χ1) is 16.3. The average molecular weight is 486 g/mol. The van der Waals surface area contributed by atoms with Crippen LogP contribution in [0.3, 0.4) is 0 Å². The third kappa shape index (κ3) is 6.57. The maximum atomic E-state index is 13.4. The Balaban J connectivity index is 1.52. The van der Waals surface area contributed by atoms with Crippen LogP contribution in [0.15, 0.2) is 41.6 Å². The fourth-order valence-electron chi connectivity index (χ4n) is 3.31. The van der Waals surface area contributed by atoms with Crippen molar-refractivity contribution >= 4 is 29.3 Å². The molecule has 2 aromatic carbocycles. The number of para-hydroxylation sites is 1. The molecule has 0 aliphatic heterocycles. The van der Waals surface area contributed by atoms with Gasteiger partial charge in [0.2, 0.25) is 5.91 Å². The van der Waals surface area contributed by atoms with Crippen LogP contribution >= 0.6 is 11.8 Å². The molecule has 3 aromatic rings. The molecule has 0 fully saturated rings. The van der Waals surface area contributed by atoms with Crippen LogP contribution in [0.4, 0.5) is 10.1 Å². The minimum atomic E-state index is -0.412. The third-order valence-electron chi connectivity index (χ3n) is 5.12. The van der Waals surface area contributed by atoms with Crippen molar-refractivity contribution in [2.75, 3.05) is 17.7 Å². The van der Waals surface area contributed by atoms with E-state index < -0.39 is 5.82 Å². The monoisotopic (exact) mass is 485 g/mol. The fourth-order valence-corrected chi connectivity index (χ4v) is 4.13. The summed E-state index contributed by atoms with van der Waals surface area (Å²) in [6.45, 7) is 8.25. The van der Waals surface area contributed by atoms with Gasteiger partial charge in [-0.05, 0) is 56.5 Å². The van der Waals surface area contributed by atoms with Gasteiger partial charge >= 0.3 is 0 Å². The zero-order chi connectivity index (χ0) is 24.7. The van der Waals surface area contributed by atoms with Crippen molar-refractivity contribution in [2.45, 2.75) is 45.9 Å². The SMILES string of the molecule is CCn1c(CNC(=O)COc2c(C)cccc2C)nnc1SCC(=O)Nc1cc(F)ccc1C. The van der Waals surface area contributed by atoms with E-state index in [0.717, 1.165) is 16.7 Å². The number of amides is 2. The summed E-state index contributed by atoms with van der Waals surface area (Å²) in [5.41, 5.74) is 3.15. The number of rotatable bonds is 10. The number of anilines is 1. The van der Waals surface area contributed by atoms with Gasteiger partial charge in [0.1, 0.15) is 11.6 Å². The number of thioether (sulfide) groups is 1. The molecular formula is C24H28FN5O3S. The highest BCUT2D eigenvalue weighted by molar-refractivity contribution is 7.99. The smallest absolute Gasteiger partial charge is 0.258 e. The van der Waals surface area contributed by atoms with Gasteiger partial charge in [-0.15, -0.1) is 10.2 Å². The Labute approximate surface area is 202 Å². The Morgan fingerprint density at radius 1 is 1.06 bits per heavy atom. The molecule has 180 valence electrons. The number of hydrogen-bond donors (Lipinski definition) is 2. The summed E-state index contributed by atoms with van der Waals surface area (Å²) in [4.78, 5) is 24.6. The van der Waals surface area contributed by atoms with Crippen LogP contribution in [-0.4, -0.2) is 38.9 Å². The van der Waals surface area contributed by atoms with Gasteiger partial charge in [0.25, 0.3) is 5.91 Å². The number of hydrogen-bond acceptors (Lipinski definition) is 6. The van der Waals surface area contributed by atoms with Crippen LogP contribution < -0.4 is 15.4 Å². The molecule has 10 heteroatoms. The average Bonchev–Trinajstić information content (AvgIpc) is 3.20. The topological polar surface area (TPSA) is 98.1 Å². The number of benzene rings is 2. The lowest BCUT2D eigenvalue weighted by atomic mass is 10.1. The number of aromatic nitrogens is 3. The molecule has 2 N–H and O–H groups in total. The van der Waals surface area contributed by atoms with Crippen LogP contribution in [0.25, 0.3) is 0 Å². The Bertz CT molecular complexity index is 1160. The van der Waals surface area contributed by atoms with Gasteiger partial charge in [0, 0.05) is 12.2 Å². The molecule has 1 heterocycles. The molecule has 0 spiro atoms. The van der Waals surface area contributed by atoms with Crippen molar-refractivity contribution in [1.29, 1.82) is 0 Å². The van der Waals surface area contributed by atoms with E-state index in [-0.39, 0.29) is 30.7 Å². The molecule has 0 saturated heterocycles. The van der Waals surface area contributed by atoms with E-state index in [1.165, 1.54) is 23.9 Å². The van der Waals surface area contributed by atoms with Gasteiger partial charge < -0.3 is 19.9 Å². The van der Waals surface area contributed by atoms with E-state index >= 15 is 0 Å². The molecular weight excluding hydrogens is 457 g/mol. The molecule has 0 radical (unpaired) electrons. The molecule has 34 heavy (non-hydrogen) atoms. The van der Waals surface area contributed by atoms with Gasteiger partial charge in [-0.3, -0.25) is 9.59 Å². The number of carbonyl (C=O) groups is 2. The van der Waals surface area contributed by atoms with Crippen molar-refractivity contribution in [2.24, 2.45) is 0 Å². The van der Waals surface area contributed by atoms with Crippen LogP contribution in [-0.2, 0) is 22.7 Å². The normalized spacial score (nSPS) is 10.7. The summed E-state index contributed by atoms with van der Waals surface area (Å²) >= 11 is 1.22. The van der Waals surface area contributed by atoms with Gasteiger partial charge in [-0.2, -0.15) is 0 Å². The number of carbonyl (C=O) groups excluding carboxylic acids is 2. The Morgan fingerprint density at radius 3 is 2.50 bits per heavy atom. The van der Waals surface area contributed by atoms with E-state index in [0.29, 0.717) is 29.0 Å². The second kappa shape index (κ2) is 11.6. The van der Waals surface area contributed by atoms with E-state index in [1.54, 1.807) is 13.0 Å². The first-order valence-electron chi connectivity index (χ1n) is 10.8. The highest BCUT2D eigenvalue weighted by Gasteiger charge is 2.15. The summed E-state index contributed by atoms with van der Waals surface area (Å²) in [6.07, 6.45) is 0. The molecule has 0 aliphatic carbocycles. The third-order valence-corrected chi connectivity index (χ3v) is 6.08. The summed E-state index contributed by atoms with van der Waals surface area (Å²) < 4.78 is 20.9. The molecule has 0 aliphatic rings. The predicted molar refractivity (Wildman–Crippen MR) is 129 cm³/mol. The molecule has 3 rings (SSSR count). The minimum Gasteiger partial charge on any atom is -0.483 e. The largest absolute Gasteiger partial charge is 0.483 e. The lowest BCUT2D eigenvalue weighted by Crippen LogP contribution is -2.29. The van der Waals surface area contributed by atoms with Crippen LogP contribution in [0.2, 0.25) is 0 Å². The van der Waals surface area contributed by atoms with Gasteiger partial charge in [-0.25, -0.2) is 4.39 Å². The fraction of sp³-hybridized carbons (Fsp3) is 0.333. The zero-order valence-corrected chi connectivity index (χ0v) is 20.5. The van der Waals surface area contributed by atoms with Crippen molar-refractivity contribution in [3.05, 3.63) is 64.7 Å². The lowest BCUT2D eigenvalue weighted by molar-refractivity contribution is -0.123. The van der Waals surface area contributed by atoms with E-state index in [9.17, 15) is 14.0 Å². The van der Waals surface area contributed by atoms with Gasteiger partial charge in [0.05, 0.1) is 12.3 Å². The van der Waals surface area contributed by atoms with Crippen LogP contribution in [0, 0.1) is 26.6 Å². The quantitative estimate of drug-likeness (QED) is 0.424. The van der Waals surface area contributed by atoms with Crippen molar-refractivity contribution in [3.63, 3.8) is 0 Å². The zero-order valence-electron chi connectivity index (χ0n) is 19.6. The molecule has 0 unspecified atom stereocenters. The predicted octanol–water partition coefficient (Wildman–Crippen LogP) is 3.79. The second-order valence-electron chi connectivity index (χ2n) is 7.73. The molecule has 0 bridgehead atoms. The summed E-state index contributed by atoms with van der Waals surface area (Å²) in [5.74, 6) is 0.413.